The summed E-state index contributed by atoms with van der Waals surface area (Å²) in [5.74, 6) is 0. The van der Waals surface area contributed by atoms with Crippen molar-refractivity contribution < 1.29 is 14.6 Å². The summed E-state index contributed by atoms with van der Waals surface area (Å²) in [5, 5.41) is 19.1. The summed E-state index contributed by atoms with van der Waals surface area (Å²) in [5.41, 5.74) is 1.87. The molecule has 0 aromatic heterocycles. The number of hydrogen-bond acceptors (Lipinski definition) is 4. The molecule has 3 atom stereocenters. The molecule has 25 heavy (non-hydrogen) atoms. The molecule has 0 bridgehead atoms. The van der Waals surface area contributed by atoms with Gasteiger partial charge in [-0.15, -0.1) is 0 Å². The maximum absolute atomic E-state index is 11.9. The van der Waals surface area contributed by atoms with E-state index in [2.05, 4.69) is 16.0 Å². The highest BCUT2D eigenvalue weighted by molar-refractivity contribution is 5.89. The fourth-order valence-electron chi connectivity index (χ4n) is 2.78. The zero-order valence-corrected chi connectivity index (χ0v) is 13.9. The van der Waals surface area contributed by atoms with E-state index in [0.717, 1.165) is 11.3 Å². The van der Waals surface area contributed by atoms with Gasteiger partial charge < -0.3 is 25.8 Å². The molecule has 0 spiro atoms. The molecule has 2 amide bonds. The molecule has 1 heterocycles. The molecule has 0 radical (unpaired) electrons. The zero-order valence-electron chi connectivity index (χ0n) is 13.9. The van der Waals surface area contributed by atoms with Crippen LogP contribution in [0.3, 0.4) is 0 Å². The second kappa shape index (κ2) is 8.62. The van der Waals surface area contributed by atoms with Crippen LogP contribution < -0.4 is 16.0 Å². The summed E-state index contributed by atoms with van der Waals surface area (Å²) in [6.45, 7) is 1.34. The Kier molecular flexibility index (Phi) is 6.00. The van der Waals surface area contributed by atoms with E-state index in [1.54, 1.807) is 0 Å². The van der Waals surface area contributed by atoms with Crippen molar-refractivity contribution in [1.29, 1.82) is 0 Å². The van der Waals surface area contributed by atoms with Crippen molar-refractivity contribution in [2.24, 2.45) is 0 Å². The maximum atomic E-state index is 11.9. The van der Waals surface area contributed by atoms with E-state index in [-0.39, 0.29) is 18.6 Å². The highest BCUT2D eigenvalue weighted by atomic mass is 16.5. The van der Waals surface area contributed by atoms with Gasteiger partial charge in [0.2, 0.25) is 0 Å². The number of carbonyl (C=O) groups is 1. The number of aliphatic hydroxyl groups excluding tert-OH is 1. The molecule has 132 valence electrons. The molecule has 6 heteroatoms. The Labute approximate surface area is 147 Å². The third kappa shape index (κ3) is 5.03. The Morgan fingerprint density at radius 2 is 1.76 bits per heavy atom. The van der Waals surface area contributed by atoms with Gasteiger partial charge in [-0.2, -0.15) is 0 Å². The van der Waals surface area contributed by atoms with Gasteiger partial charge in [-0.1, -0.05) is 48.5 Å². The lowest BCUT2D eigenvalue weighted by Gasteiger charge is -2.19. The number of urea groups is 1. The van der Waals surface area contributed by atoms with Crippen molar-refractivity contribution in [3.63, 3.8) is 0 Å². The van der Waals surface area contributed by atoms with Crippen LogP contribution in [0.15, 0.2) is 60.7 Å². The fraction of sp³-hybridized carbons (Fsp3) is 0.316. The van der Waals surface area contributed by atoms with Gasteiger partial charge in [0.1, 0.15) is 6.10 Å². The molecule has 2 aromatic carbocycles. The molecule has 6 nitrogen and oxygen atoms in total. The molecule has 1 fully saturated rings. The minimum Gasteiger partial charge on any atom is -0.389 e. The van der Waals surface area contributed by atoms with Crippen LogP contribution in [-0.4, -0.2) is 42.5 Å². The largest absolute Gasteiger partial charge is 0.389 e. The third-order valence-electron chi connectivity index (χ3n) is 4.19. The van der Waals surface area contributed by atoms with Gasteiger partial charge in [0.15, 0.2) is 0 Å². The summed E-state index contributed by atoms with van der Waals surface area (Å²) in [6, 6.07) is 18.7. The number of amides is 2. The predicted molar refractivity (Wildman–Crippen MR) is 96.3 cm³/mol. The Hall–Kier alpha value is -2.41. The summed E-state index contributed by atoms with van der Waals surface area (Å²) >= 11 is 0. The van der Waals surface area contributed by atoms with Crippen molar-refractivity contribution in [3.05, 3.63) is 66.2 Å². The fourth-order valence-corrected chi connectivity index (χ4v) is 2.78. The molecule has 2 aromatic rings. The molecular formula is C19H23N3O3. The van der Waals surface area contributed by atoms with Crippen LogP contribution >= 0.6 is 0 Å². The lowest BCUT2D eigenvalue weighted by atomic mass is 10.1. The standard InChI is InChI=1S/C19H23N3O3/c23-18-16(20-11-14-7-3-1-4-8-14)13-25-17(18)12-21-19(24)22-15-9-5-2-6-10-15/h1-10,16-18,20,23H,11-13H2,(H2,21,22,24)/t16-,17-,18+/m1/s1. The quantitative estimate of drug-likeness (QED) is 0.645. The van der Waals surface area contributed by atoms with Crippen LogP contribution in [0.1, 0.15) is 5.56 Å². The Balaban J connectivity index is 1.41. The van der Waals surface area contributed by atoms with Gasteiger partial charge in [0, 0.05) is 18.8 Å². The first-order valence-electron chi connectivity index (χ1n) is 8.39. The smallest absolute Gasteiger partial charge is 0.319 e. The topological polar surface area (TPSA) is 82.6 Å². The minimum absolute atomic E-state index is 0.149. The summed E-state index contributed by atoms with van der Waals surface area (Å²) < 4.78 is 5.61. The number of rotatable bonds is 6. The van der Waals surface area contributed by atoms with Gasteiger partial charge in [0.25, 0.3) is 0 Å². The molecule has 3 rings (SSSR count). The average Bonchev–Trinajstić information content (AvgIpc) is 3.00. The van der Waals surface area contributed by atoms with Gasteiger partial charge in [0.05, 0.1) is 18.8 Å². The number of para-hydroxylation sites is 1. The maximum Gasteiger partial charge on any atom is 0.319 e. The number of anilines is 1. The minimum atomic E-state index is -0.666. The van der Waals surface area contributed by atoms with Gasteiger partial charge in [-0.3, -0.25) is 0 Å². The summed E-state index contributed by atoms with van der Waals surface area (Å²) in [7, 11) is 0. The zero-order chi connectivity index (χ0) is 17.5. The lowest BCUT2D eigenvalue weighted by molar-refractivity contribution is 0.0428. The van der Waals surface area contributed by atoms with E-state index in [1.807, 2.05) is 60.7 Å². The van der Waals surface area contributed by atoms with E-state index in [9.17, 15) is 9.90 Å². The molecule has 1 aliphatic heterocycles. The van der Waals surface area contributed by atoms with Crippen LogP contribution in [-0.2, 0) is 11.3 Å². The van der Waals surface area contributed by atoms with Crippen molar-refractivity contribution in [2.75, 3.05) is 18.5 Å². The van der Waals surface area contributed by atoms with E-state index in [1.165, 1.54) is 0 Å². The molecular weight excluding hydrogens is 318 g/mol. The van der Waals surface area contributed by atoms with Crippen molar-refractivity contribution in [1.82, 2.24) is 10.6 Å². The van der Waals surface area contributed by atoms with Crippen LogP contribution in [0.2, 0.25) is 0 Å². The first-order chi connectivity index (χ1) is 12.2. The highest BCUT2D eigenvalue weighted by Gasteiger charge is 2.35. The van der Waals surface area contributed by atoms with E-state index in [4.69, 9.17) is 4.74 Å². The summed E-state index contributed by atoms with van der Waals surface area (Å²) in [6.07, 6.45) is -1.09. The predicted octanol–water partition coefficient (Wildman–Crippen LogP) is 1.73. The second-order valence-corrected chi connectivity index (χ2v) is 6.04. The lowest BCUT2D eigenvalue weighted by Crippen LogP contribution is -2.45. The highest BCUT2D eigenvalue weighted by Crippen LogP contribution is 2.15. The number of aliphatic hydroxyl groups is 1. The van der Waals surface area contributed by atoms with E-state index < -0.39 is 12.2 Å². The van der Waals surface area contributed by atoms with Gasteiger partial charge in [-0.25, -0.2) is 4.79 Å². The van der Waals surface area contributed by atoms with E-state index >= 15 is 0 Å². The number of nitrogens with one attached hydrogen (secondary N) is 3. The van der Waals surface area contributed by atoms with Crippen LogP contribution in [0.25, 0.3) is 0 Å². The van der Waals surface area contributed by atoms with Gasteiger partial charge >= 0.3 is 6.03 Å². The Morgan fingerprint density at radius 1 is 1.08 bits per heavy atom. The van der Waals surface area contributed by atoms with Gasteiger partial charge in [-0.05, 0) is 17.7 Å². The normalized spacial score (nSPS) is 22.5. The first kappa shape index (κ1) is 17.4. The van der Waals surface area contributed by atoms with Crippen molar-refractivity contribution in [2.45, 2.75) is 24.8 Å². The number of ether oxygens (including phenoxy) is 1. The molecule has 0 aliphatic carbocycles. The third-order valence-corrected chi connectivity index (χ3v) is 4.19. The molecule has 1 saturated heterocycles. The molecule has 4 N–H and O–H groups in total. The second-order valence-electron chi connectivity index (χ2n) is 6.04. The number of benzene rings is 2. The first-order valence-corrected chi connectivity index (χ1v) is 8.39. The SMILES string of the molecule is O=C(NC[C@H]1OC[C@@H](NCc2ccccc2)[C@@H]1O)Nc1ccccc1. The van der Waals surface area contributed by atoms with Crippen molar-refractivity contribution >= 4 is 11.7 Å². The Bertz CT molecular complexity index is 666. The molecule has 0 saturated carbocycles. The summed E-state index contributed by atoms with van der Waals surface area (Å²) in [4.78, 5) is 11.9. The molecule has 1 aliphatic rings. The average molecular weight is 341 g/mol. The van der Waals surface area contributed by atoms with Crippen LogP contribution in [0.5, 0.6) is 0 Å². The van der Waals surface area contributed by atoms with Crippen LogP contribution in [0, 0.1) is 0 Å². The van der Waals surface area contributed by atoms with Crippen molar-refractivity contribution in [3.8, 4) is 0 Å². The number of hydrogen-bond donors (Lipinski definition) is 4. The van der Waals surface area contributed by atoms with Crippen LogP contribution in [0.4, 0.5) is 10.5 Å². The van der Waals surface area contributed by atoms with E-state index in [0.29, 0.717) is 13.2 Å². The monoisotopic (exact) mass is 341 g/mol. The number of carbonyl (C=O) groups excluding carboxylic acids is 1. The molecule has 0 unspecified atom stereocenters. The Morgan fingerprint density at radius 3 is 2.48 bits per heavy atom.